The molecule has 0 saturated carbocycles. The van der Waals surface area contributed by atoms with E-state index in [2.05, 4.69) is 9.71 Å². The molecule has 1 atom stereocenters. The monoisotopic (exact) mass is 565 g/mol. The molecule has 4 aromatic rings. The average Bonchev–Trinajstić information content (AvgIpc) is 2.93. The van der Waals surface area contributed by atoms with Crippen molar-refractivity contribution >= 4 is 43.6 Å². The summed E-state index contributed by atoms with van der Waals surface area (Å²) in [6.45, 7) is 0.655. The van der Waals surface area contributed by atoms with Gasteiger partial charge < -0.3 is 14.6 Å². The minimum Gasteiger partial charge on any atom is -0.385 e. The van der Waals surface area contributed by atoms with Gasteiger partial charge in [0, 0.05) is 35.9 Å². The van der Waals surface area contributed by atoms with Gasteiger partial charge in [0.25, 0.3) is 15.9 Å². The zero-order chi connectivity index (χ0) is 27.6. The van der Waals surface area contributed by atoms with Gasteiger partial charge in [-0.3, -0.25) is 14.5 Å². The van der Waals surface area contributed by atoms with Crippen LogP contribution in [-0.4, -0.2) is 51.2 Å². The average molecular weight is 566 g/mol. The molecule has 1 aliphatic rings. The molecule has 1 amide bonds. The molecule has 5 rings (SSSR count). The van der Waals surface area contributed by atoms with Crippen LogP contribution in [0.2, 0.25) is 0 Å². The lowest BCUT2D eigenvalue weighted by Gasteiger charge is -2.38. The highest BCUT2D eigenvalue weighted by Gasteiger charge is 2.35. The van der Waals surface area contributed by atoms with Crippen LogP contribution in [0.3, 0.4) is 0 Å². The first-order valence-electron chi connectivity index (χ1n) is 12.3. The fraction of sp³-hybridized carbons (Fsp3) is 0.214. The van der Waals surface area contributed by atoms with Crippen LogP contribution in [-0.2, 0) is 32.5 Å². The van der Waals surface area contributed by atoms with Crippen LogP contribution in [0, 0.1) is 0 Å². The number of anilines is 1. The number of sulfonamides is 1. The van der Waals surface area contributed by atoms with E-state index < -0.39 is 26.7 Å². The van der Waals surface area contributed by atoms with Gasteiger partial charge in [-0.25, -0.2) is 12.6 Å². The van der Waals surface area contributed by atoms with Gasteiger partial charge in [0.2, 0.25) is 0 Å². The molecule has 1 aliphatic heterocycles. The van der Waals surface area contributed by atoms with Crippen molar-refractivity contribution in [1.29, 1.82) is 0 Å². The Bertz CT molecular complexity index is 1640. The van der Waals surface area contributed by atoms with E-state index >= 15 is 0 Å². The molecule has 1 unspecified atom stereocenters. The number of piperidine rings is 1. The van der Waals surface area contributed by atoms with E-state index in [0.29, 0.717) is 59.2 Å². The molecule has 0 bridgehead atoms. The number of carbonyl (C=O) groups is 1. The first kappa shape index (κ1) is 26.9. The molecule has 2 heterocycles. The number of nitrogens with one attached hydrogen (secondary N) is 1. The molecular weight excluding hydrogens is 538 g/mol. The predicted molar refractivity (Wildman–Crippen MR) is 149 cm³/mol. The van der Waals surface area contributed by atoms with Crippen LogP contribution in [0.15, 0.2) is 90.0 Å². The normalized spacial score (nSPS) is 16.1. The Morgan fingerprint density at radius 1 is 1.00 bits per heavy atom. The fourth-order valence-corrected chi connectivity index (χ4v) is 6.53. The van der Waals surface area contributed by atoms with Crippen molar-refractivity contribution in [1.82, 2.24) is 9.88 Å². The molecule has 202 valence electrons. The number of aliphatic hydroxyl groups is 1. The van der Waals surface area contributed by atoms with Gasteiger partial charge in [0.1, 0.15) is 4.90 Å². The minimum absolute atomic E-state index is 0.0144. The SMILES string of the molecule is O=C(c1ccc(NS(=O)(=O)c2cccc3cccnc23)cc1)N1CCC(O)(c2cccc(CS(=O)O)c2)CC1. The summed E-state index contributed by atoms with van der Waals surface area (Å²) in [5, 5.41) is 11.9. The molecule has 39 heavy (non-hydrogen) atoms. The third-order valence-corrected chi connectivity index (χ3v) is 8.89. The van der Waals surface area contributed by atoms with E-state index in [-0.39, 0.29) is 16.6 Å². The Morgan fingerprint density at radius 2 is 1.69 bits per heavy atom. The minimum atomic E-state index is -3.91. The van der Waals surface area contributed by atoms with Crippen LogP contribution in [0.5, 0.6) is 0 Å². The first-order valence-corrected chi connectivity index (χ1v) is 15.1. The van der Waals surface area contributed by atoms with Gasteiger partial charge in [-0.2, -0.15) is 0 Å². The molecular formula is C28H27N3O6S2. The maximum Gasteiger partial charge on any atom is 0.264 e. The number of benzene rings is 3. The standard InChI is InChI=1S/C28H27N3O6S2/c32-27(31-16-13-28(33,14-17-31)23-7-1-4-20(18-23)19-38(34)35)22-9-11-24(12-10-22)30-39(36,37)25-8-2-5-21-6-3-15-29-26(21)25/h1-12,15,18,30,33H,13-14,16-17,19H2,(H,34,35). The van der Waals surface area contributed by atoms with Crippen molar-refractivity contribution in [2.75, 3.05) is 17.8 Å². The van der Waals surface area contributed by atoms with Crippen molar-refractivity contribution in [2.24, 2.45) is 0 Å². The van der Waals surface area contributed by atoms with Gasteiger partial charge in [-0.15, -0.1) is 0 Å². The highest BCUT2D eigenvalue weighted by molar-refractivity contribution is 7.93. The summed E-state index contributed by atoms with van der Waals surface area (Å²) in [7, 11) is -3.91. The number of nitrogens with zero attached hydrogens (tertiary/aromatic N) is 2. The predicted octanol–water partition coefficient (Wildman–Crippen LogP) is 3.88. The quantitative estimate of drug-likeness (QED) is 0.289. The maximum atomic E-state index is 13.1. The second kappa shape index (κ2) is 10.9. The lowest BCUT2D eigenvalue weighted by molar-refractivity contribution is -0.0211. The Hall–Kier alpha value is -3.64. The van der Waals surface area contributed by atoms with Crippen LogP contribution in [0.1, 0.15) is 34.3 Å². The van der Waals surface area contributed by atoms with Crippen molar-refractivity contribution < 1.29 is 27.1 Å². The summed E-state index contributed by atoms with van der Waals surface area (Å²) in [6.07, 6.45) is 2.18. The molecule has 3 aromatic carbocycles. The lowest BCUT2D eigenvalue weighted by Crippen LogP contribution is -2.45. The third-order valence-electron chi connectivity index (χ3n) is 6.90. The van der Waals surface area contributed by atoms with E-state index in [1.807, 2.05) is 0 Å². The van der Waals surface area contributed by atoms with E-state index in [1.54, 1.807) is 83.9 Å². The number of carbonyl (C=O) groups excluding carboxylic acids is 1. The Kier molecular flexibility index (Phi) is 7.50. The molecule has 1 aromatic heterocycles. The van der Waals surface area contributed by atoms with Crippen LogP contribution in [0.25, 0.3) is 10.9 Å². The largest absolute Gasteiger partial charge is 0.385 e. The number of para-hydroxylation sites is 1. The van der Waals surface area contributed by atoms with Gasteiger partial charge in [-0.05, 0) is 60.4 Å². The number of fused-ring (bicyclic) bond motifs is 1. The zero-order valence-corrected chi connectivity index (χ0v) is 22.5. The topological polar surface area (TPSA) is 137 Å². The summed E-state index contributed by atoms with van der Waals surface area (Å²) in [5.41, 5.74) is 1.28. The molecule has 0 radical (unpaired) electrons. The summed E-state index contributed by atoms with van der Waals surface area (Å²) in [6, 6.07) is 21.7. The van der Waals surface area contributed by atoms with Crippen molar-refractivity contribution in [3.63, 3.8) is 0 Å². The number of rotatable bonds is 7. The van der Waals surface area contributed by atoms with E-state index in [1.165, 1.54) is 6.07 Å². The molecule has 11 heteroatoms. The fourth-order valence-electron chi connectivity index (χ4n) is 4.83. The number of hydrogen-bond acceptors (Lipinski definition) is 6. The molecule has 0 aliphatic carbocycles. The van der Waals surface area contributed by atoms with Crippen LogP contribution in [0.4, 0.5) is 5.69 Å². The summed E-state index contributed by atoms with van der Waals surface area (Å²) >= 11 is -1.97. The smallest absolute Gasteiger partial charge is 0.264 e. The number of hydrogen-bond donors (Lipinski definition) is 3. The molecule has 1 fully saturated rings. The Balaban J connectivity index is 1.25. The molecule has 0 spiro atoms. The third kappa shape index (κ3) is 5.86. The van der Waals surface area contributed by atoms with Crippen molar-refractivity contribution in [3.05, 3.63) is 102 Å². The highest BCUT2D eigenvalue weighted by atomic mass is 32.2. The van der Waals surface area contributed by atoms with Crippen LogP contribution < -0.4 is 4.72 Å². The van der Waals surface area contributed by atoms with E-state index in [4.69, 9.17) is 4.55 Å². The van der Waals surface area contributed by atoms with Crippen molar-refractivity contribution in [3.8, 4) is 0 Å². The summed E-state index contributed by atoms with van der Waals surface area (Å²) in [5.74, 6) is -0.228. The second-order valence-electron chi connectivity index (χ2n) is 9.50. The van der Waals surface area contributed by atoms with Crippen molar-refractivity contribution in [2.45, 2.75) is 29.1 Å². The maximum absolute atomic E-state index is 13.1. The van der Waals surface area contributed by atoms with Gasteiger partial charge in [0.15, 0.2) is 11.1 Å². The Labute approximate surface area is 228 Å². The van der Waals surface area contributed by atoms with E-state index in [9.17, 15) is 22.5 Å². The zero-order valence-electron chi connectivity index (χ0n) is 20.9. The van der Waals surface area contributed by atoms with Crippen LogP contribution >= 0.6 is 0 Å². The van der Waals surface area contributed by atoms with Gasteiger partial charge in [0.05, 0.1) is 16.9 Å². The number of likely N-dealkylation sites (tertiary alicyclic amines) is 1. The number of amides is 1. The van der Waals surface area contributed by atoms with Gasteiger partial charge >= 0.3 is 0 Å². The van der Waals surface area contributed by atoms with Gasteiger partial charge in [-0.1, -0.05) is 42.5 Å². The molecule has 3 N–H and O–H groups in total. The second-order valence-corrected chi connectivity index (χ2v) is 12.1. The Morgan fingerprint density at radius 3 is 2.41 bits per heavy atom. The first-order chi connectivity index (χ1) is 18.6. The van der Waals surface area contributed by atoms with E-state index in [0.717, 1.165) is 0 Å². The summed E-state index contributed by atoms with van der Waals surface area (Å²) < 4.78 is 49.0. The molecule has 9 nitrogen and oxygen atoms in total. The highest BCUT2D eigenvalue weighted by Crippen LogP contribution is 2.34. The lowest BCUT2D eigenvalue weighted by atomic mass is 9.83. The molecule has 1 saturated heterocycles. The summed E-state index contributed by atoms with van der Waals surface area (Å²) in [4.78, 5) is 19.1. The number of aromatic nitrogens is 1. The number of pyridine rings is 1.